The number of hydrogen-bond donors (Lipinski definition) is 3. The summed E-state index contributed by atoms with van der Waals surface area (Å²) in [7, 11) is 0. The zero-order valence-electron chi connectivity index (χ0n) is 14.4. The van der Waals surface area contributed by atoms with Crippen LogP contribution < -0.4 is 15.5 Å². The molecule has 3 rings (SSSR count). The number of para-hydroxylation sites is 1. The van der Waals surface area contributed by atoms with E-state index in [0.717, 1.165) is 37.3 Å². The number of H-pyrrole nitrogens is 1. The van der Waals surface area contributed by atoms with E-state index in [-0.39, 0.29) is 5.91 Å². The van der Waals surface area contributed by atoms with E-state index in [2.05, 4.69) is 51.7 Å². The third-order valence-corrected chi connectivity index (χ3v) is 4.53. The number of likely N-dealkylation sites (N-methyl/N-ethyl adjacent to an activating group) is 1. The summed E-state index contributed by atoms with van der Waals surface area (Å²) in [6.07, 6.45) is 0.895. The van der Waals surface area contributed by atoms with E-state index in [4.69, 9.17) is 0 Å². The molecule has 0 bridgehead atoms. The highest BCUT2D eigenvalue weighted by atomic mass is 16.1. The van der Waals surface area contributed by atoms with Crippen LogP contribution >= 0.6 is 0 Å². The highest BCUT2D eigenvalue weighted by Gasteiger charge is 2.21. The number of aromatic nitrogens is 2. The van der Waals surface area contributed by atoms with Crippen molar-refractivity contribution in [3.63, 3.8) is 0 Å². The Kier molecular flexibility index (Phi) is 5.15. The lowest BCUT2D eigenvalue weighted by atomic mass is 10.1. The molecule has 1 aliphatic heterocycles. The number of rotatable bonds is 6. The van der Waals surface area contributed by atoms with Crippen LogP contribution in [-0.2, 0) is 13.0 Å². The number of carbonyl (C=O) groups is 1. The smallest absolute Gasteiger partial charge is 0.272 e. The molecule has 6 heteroatoms. The van der Waals surface area contributed by atoms with E-state index >= 15 is 0 Å². The molecule has 1 aliphatic rings. The van der Waals surface area contributed by atoms with Crippen molar-refractivity contribution >= 4 is 11.6 Å². The molecule has 2 heterocycles. The fourth-order valence-corrected chi connectivity index (χ4v) is 3.17. The van der Waals surface area contributed by atoms with E-state index in [0.29, 0.717) is 18.8 Å². The van der Waals surface area contributed by atoms with Gasteiger partial charge >= 0.3 is 0 Å². The summed E-state index contributed by atoms with van der Waals surface area (Å²) < 4.78 is 0. The molecule has 0 spiro atoms. The number of nitrogens with one attached hydrogen (secondary N) is 3. The first-order valence-corrected chi connectivity index (χ1v) is 8.56. The number of nitrogens with zero attached hydrogens (tertiary/aromatic N) is 2. The van der Waals surface area contributed by atoms with Crippen LogP contribution in [0.4, 0.5) is 5.69 Å². The Labute approximate surface area is 142 Å². The highest BCUT2D eigenvalue weighted by molar-refractivity contribution is 5.94. The standard InChI is InChI=1S/C18H25N5O/c1-3-23(16-7-5-4-6-13(16)2)11-10-20-18(24)17-14-12-19-9-8-15(14)21-22-17/h4-7,19H,3,8-12H2,1-2H3,(H,20,24)(H,21,22). The molecule has 6 nitrogen and oxygen atoms in total. The number of amides is 1. The van der Waals surface area contributed by atoms with E-state index in [1.165, 1.54) is 11.3 Å². The first-order valence-electron chi connectivity index (χ1n) is 8.56. The quantitative estimate of drug-likeness (QED) is 0.754. The maximum atomic E-state index is 12.4. The van der Waals surface area contributed by atoms with Gasteiger partial charge in [0.05, 0.1) is 0 Å². The Balaban J connectivity index is 1.58. The Hall–Kier alpha value is -2.34. The first kappa shape index (κ1) is 16.5. The number of hydrogen-bond acceptors (Lipinski definition) is 4. The molecule has 2 aromatic rings. The van der Waals surface area contributed by atoms with Crippen molar-refractivity contribution in [2.45, 2.75) is 26.8 Å². The average Bonchev–Trinajstić information content (AvgIpc) is 3.04. The van der Waals surface area contributed by atoms with Crippen LogP contribution in [0.2, 0.25) is 0 Å². The predicted molar refractivity (Wildman–Crippen MR) is 95.4 cm³/mol. The number of anilines is 1. The second kappa shape index (κ2) is 7.49. The van der Waals surface area contributed by atoms with Crippen molar-refractivity contribution in [3.8, 4) is 0 Å². The summed E-state index contributed by atoms with van der Waals surface area (Å²) in [6, 6.07) is 8.33. The number of aryl methyl sites for hydroxylation is 1. The van der Waals surface area contributed by atoms with Gasteiger partial charge in [-0.1, -0.05) is 18.2 Å². The normalized spacial score (nSPS) is 13.4. The van der Waals surface area contributed by atoms with Crippen molar-refractivity contribution in [2.24, 2.45) is 0 Å². The van der Waals surface area contributed by atoms with E-state index in [9.17, 15) is 4.79 Å². The van der Waals surface area contributed by atoms with Crippen molar-refractivity contribution < 1.29 is 4.79 Å². The summed E-state index contributed by atoms with van der Waals surface area (Å²) in [5.74, 6) is -0.1000. The third-order valence-electron chi connectivity index (χ3n) is 4.53. The molecule has 0 saturated heterocycles. The largest absolute Gasteiger partial charge is 0.370 e. The Bertz CT molecular complexity index is 709. The summed E-state index contributed by atoms with van der Waals surface area (Å²) >= 11 is 0. The maximum Gasteiger partial charge on any atom is 0.272 e. The number of carbonyl (C=O) groups excluding carboxylic acids is 1. The molecular weight excluding hydrogens is 302 g/mol. The van der Waals surface area contributed by atoms with Gasteiger partial charge in [0.1, 0.15) is 0 Å². The molecule has 3 N–H and O–H groups in total. The number of benzene rings is 1. The summed E-state index contributed by atoms with van der Waals surface area (Å²) in [6.45, 7) is 8.15. The van der Waals surface area contributed by atoms with Crippen LogP contribution in [0.1, 0.15) is 34.2 Å². The van der Waals surface area contributed by atoms with Crippen molar-refractivity contribution in [1.82, 2.24) is 20.8 Å². The average molecular weight is 327 g/mol. The Morgan fingerprint density at radius 2 is 2.21 bits per heavy atom. The summed E-state index contributed by atoms with van der Waals surface area (Å²) in [5.41, 5.74) is 5.07. The second-order valence-electron chi connectivity index (χ2n) is 6.08. The molecule has 0 radical (unpaired) electrons. The van der Waals surface area contributed by atoms with Gasteiger partial charge in [0.25, 0.3) is 5.91 Å². The van der Waals surface area contributed by atoms with E-state index < -0.39 is 0 Å². The minimum atomic E-state index is -0.1000. The van der Waals surface area contributed by atoms with Crippen molar-refractivity contribution in [3.05, 3.63) is 46.8 Å². The molecule has 0 saturated carbocycles. The lowest BCUT2D eigenvalue weighted by Crippen LogP contribution is -2.36. The molecule has 1 amide bonds. The molecule has 1 aromatic carbocycles. The van der Waals surface area contributed by atoms with Gasteiger partial charge in [-0.2, -0.15) is 5.10 Å². The van der Waals surface area contributed by atoms with E-state index in [1.54, 1.807) is 0 Å². The van der Waals surface area contributed by atoms with Gasteiger partial charge < -0.3 is 15.5 Å². The van der Waals surface area contributed by atoms with Gasteiger partial charge in [-0.05, 0) is 25.5 Å². The molecule has 0 fully saturated rings. The number of aromatic amines is 1. The fraction of sp³-hybridized carbons (Fsp3) is 0.444. The van der Waals surface area contributed by atoms with Gasteiger partial charge in [-0.15, -0.1) is 0 Å². The monoisotopic (exact) mass is 327 g/mol. The minimum Gasteiger partial charge on any atom is -0.370 e. The van der Waals surface area contributed by atoms with Gasteiger partial charge in [-0.25, -0.2) is 0 Å². The Morgan fingerprint density at radius 1 is 1.38 bits per heavy atom. The topological polar surface area (TPSA) is 73.0 Å². The summed E-state index contributed by atoms with van der Waals surface area (Å²) in [4.78, 5) is 14.7. The highest BCUT2D eigenvalue weighted by Crippen LogP contribution is 2.18. The van der Waals surface area contributed by atoms with Crippen LogP contribution in [0.3, 0.4) is 0 Å². The van der Waals surface area contributed by atoms with Crippen LogP contribution in [0.5, 0.6) is 0 Å². The maximum absolute atomic E-state index is 12.4. The van der Waals surface area contributed by atoms with Gasteiger partial charge in [0, 0.05) is 56.1 Å². The van der Waals surface area contributed by atoms with Gasteiger partial charge in [0.2, 0.25) is 0 Å². The lowest BCUT2D eigenvalue weighted by molar-refractivity contribution is 0.0948. The predicted octanol–water partition coefficient (Wildman–Crippen LogP) is 1.62. The Morgan fingerprint density at radius 3 is 3.00 bits per heavy atom. The van der Waals surface area contributed by atoms with E-state index in [1.807, 2.05) is 12.1 Å². The van der Waals surface area contributed by atoms with Gasteiger partial charge in [-0.3, -0.25) is 9.89 Å². The molecule has 0 atom stereocenters. The zero-order valence-corrected chi connectivity index (χ0v) is 14.4. The van der Waals surface area contributed by atoms with Crippen LogP contribution in [0.25, 0.3) is 0 Å². The molecule has 128 valence electrons. The molecule has 0 unspecified atom stereocenters. The van der Waals surface area contributed by atoms with Crippen LogP contribution in [-0.4, -0.2) is 42.3 Å². The summed E-state index contributed by atoms with van der Waals surface area (Å²) in [5, 5.41) is 13.5. The van der Waals surface area contributed by atoms with Crippen LogP contribution in [0.15, 0.2) is 24.3 Å². The third kappa shape index (κ3) is 3.43. The van der Waals surface area contributed by atoms with Crippen molar-refractivity contribution in [2.75, 3.05) is 31.1 Å². The van der Waals surface area contributed by atoms with Crippen molar-refractivity contribution in [1.29, 1.82) is 0 Å². The molecule has 0 aliphatic carbocycles. The van der Waals surface area contributed by atoms with Crippen LogP contribution in [0, 0.1) is 6.92 Å². The van der Waals surface area contributed by atoms with Gasteiger partial charge in [0.15, 0.2) is 5.69 Å². The minimum absolute atomic E-state index is 0.1000. The second-order valence-corrected chi connectivity index (χ2v) is 6.08. The fourth-order valence-electron chi connectivity index (χ4n) is 3.17. The molecular formula is C18H25N5O. The number of fused-ring (bicyclic) bond motifs is 1. The molecule has 24 heavy (non-hydrogen) atoms. The molecule has 1 aromatic heterocycles. The SMILES string of the molecule is CCN(CCNC(=O)c1n[nH]c2c1CNCC2)c1ccccc1C. The zero-order chi connectivity index (χ0) is 16.9. The first-order chi connectivity index (χ1) is 11.7. The lowest BCUT2D eigenvalue weighted by Gasteiger charge is -2.25.